The molecule has 4 heteroatoms. The number of aryl methyl sites for hydroxylation is 1. The number of hydrogen-bond donors (Lipinski definition) is 1. The summed E-state index contributed by atoms with van der Waals surface area (Å²) in [6.07, 6.45) is 3.67. The molecule has 98 valence electrons. The van der Waals surface area contributed by atoms with E-state index in [2.05, 4.69) is 45.4 Å². The van der Waals surface area contributed by atoms with Gasteiger partial charge in [0.15, 0.2) is 0 Å². The Kier molecular flexibility index (Phi) is 4.27. The topological polar surface area (TPSA) is 43.8 Å². The molecule has 0 aliphatic carbocycles. The minimum absolute atomic E-state index is 0.618. The van der Waals surface area contributed by atoms with Crippen LogP contribution in [0.2, 0.25) is 0 Å². The Morgan fingerprint density at radius 3 is 2.83 bits per heavy atom. The summed E-state index contributed by atoms with van der Waals surface area (Å²) in [4.78, 5) is 4.39. The number of hydrogen-bond acceptors (Lipinski definition) is 2. The Balaban J connectivity index is 2.12. The first kappa shape index (κ1) is 13.4. The van der Waals surface area contributed by atoms with Crippen LogP contribution in [-0.2, 0) is 6.54 Å². The van der Waals surface area contributed by atoms with Crippen molar-refractivity contribution in [3.05, 3.63) is 22.7 Å². The molecule has 0 fully saturated rings. The van der Waals surface area contributed by atoms with Crippen LogP contribution in [0.1, 0.15) is 33.1 Å². The van der Waals surface area contributed by atoms with Crippen molar-refractivity contribution in [2.24, 2.45) is 5.92 Å². The van der Waals surface area contributed by atoms with E-state index in [1.807, 2.05) is 12.1 Å². The van der Waals surface area contributed by atoms with Crippen molar-refractivity contribution in [2.75, 3.05) is 5.73 Å². The van der Waals surface area contributed by atoms with Gasteiger partial charge in [0.1, 0.15) is 0 Å². The quantitative estimate of drug-likeness (QED) is 0.841. The van der Waals surface area contributed by atoms with Gasteiger partial charge in [-0.3, -0.25) is 0 Å². The molecule has 0 aliphatic heterocycles. The first-order valence-electron chi connectivity index (χ1n) is 6.49. The zero-order chi connectivity index (χ0) is 13.1. The molecule has 0 atom stereocenters. The van der Waals surface area contributed by atoms with Crippen molar-refractivity contribution < 1.29 is 0 Å². The third-order valence-electron chi connectivity index (χ3n) is 3.15. The van der Waals surface area contributed by atoms with Gasteiger partial charge in [-0.15, -0.1) is 0 Å². The van der Waals surface area contributed by atoms with E-state index in [1.54, 1.807) is 0 Å². The van der Waals surface area contributed by atoms with Crippen LogP contribution < -0.4 is 5.73 Å². The molecular formula is C14H20BrN3. The molecule has 0 radical (unpaired) electrons. The summed E-state index contributed by atoms with van der Waals surface area (Å²) in [5, 5.41) is 0. The summed E-state index contributed by atoms with van der Waals surface area (Å²) in [5.74, 6) is 1.39. The highest BCUT2D eigenvalue weighted by atomic mass is 79.9. The molecule has 0 aliphatic rings. The molecule has 0 saturated carbocycles. The minimum Gasteiger partial charge on any atom is -0.369 e. The summed E-state index contributed by atoms with van der Waals surface area (Å²) in [6, 6.07) is 6.08. The van der Waals surface area contributed by atoms with Crippen molar-refractivity contribution in [3.63, 3.8) is 0 Å². The SMILES string of the molecule is CC(C)CCCCn1c(N)nc2ccc(Br)cc21. The summed E-state index contributed by atoms with van der Waals surface area (Å²) in [5.41, 5.74) is 8.07. The molecule has 1 aromatic carbocycles. The highest BCUT2D eigenvalue weighted by molar-refractivity contribution is 9.10. The zero-order valence-corrected chi connectivity index (χ0v) is 12.6. The van der Waals surface area contributed by atoms with E-state index in [9.17, 15) is 0 Å². The minimum atomic E-state index is 0.618. The Morgan fingerprint density at radius 2 is 2.11 bits per heavy atom. The van der Waals surface area contributed by atoms with Gasteiger partial charge >= 0.3 is 0 Å². The van der Waals surface area contributed by atoms with Gasteiger partial charge in [-0.25, -0.2) is 4.98 Å². The normalized spacial score (nSPS) is 11.6. The van der Waals surface area contributed by atoms with Gasteiger partial charge in [0.25, 0.3) is 0 Å². The van der Waals surface area contributed by atoms with Gasteiger partial charge in [-0.05, 0) is 30.5 Å². The van der Waals surface area contributed by atoms with Crippen LogP contribution in [0.25, 0.3) is 11.0 Å². The Hall–Kier alpha value is -1.03. The Morgan fingerprint density at radius 1 is 1.33 bits per heavy atom. The lowest BCUT2D eigenvalue weighted by atomic mass is 10.1. The highest BCUT2D eigenvalue weighted by Crippen LogP contribution is 2.23. The molecule has 0 spiro atoms. The molecule has 18 heavy (non-hydrogen) atoms. The van der Waals surface area contributed by atoms with Crippen molar-refractivity contribution in [3.8, 4) is 0 Å². The number of aromatic nitrogens is 2. The molecule has 0 saturated heterocycles. The molecular weight excluding hydrogens is 290 g/mol. The van der Waals surface area contributed by atoms with Crippen LogP contribution in [0.15, 0.2) is 22.7 Å². The van der Waals surface area contributed by atoms with Crippen LogP contribution in [0.5, 0.6) is 0 Å². The lowest BCUT2D eigenvalue weighted by molar-refractivity contribution is 0.514. The second-order valence-corrected chi connectivity index (χ2v) is 6.06. The van der Waals surface area contributed by atoms with Gasteiger partial charge in [0, 0.05) is 11.0 Å². The van der Waals surface area contributed by atoms with Crippen molar-refractivity contribution >= 4 is 32.9 Å². The second kappa shape index (κ2) is 5.74. The fourth-order valence-electron chi connectivity index (χ4n) is 2.17. The third kappa shape index (κ3) is 3.05. The number of halogens is 1. The largest absolute Gasteiger partial charge is 0.369 e. The monoisotopic (exact) mass is 309 g/mol. The van der Waals surface area contributed by atoms with E-state index in [-0.39, 0.29) is 0 Å². The maximum atomic E-state index is 5.98. The number of unbranched alkanes of at least 4 members (excludes halogenated alkanes) is 1. The van der Waals surface area contributed by atoms with E-state index >= 15 is 0 Å². The highest BCUT2D eigenvalue weighted by Gasteiger charge is 2.08. The van der Waals surface area contributed by atoms with Gasteiger partial charge in [-0.2, -0.15) is 0 Å². The van der Waals surface area contributed by atoms with E-state index in [4.69, 9.17) is 5.73 Å². The summed E-state index contributed by atoms with van der Waals surface area (Å²) < 4.78 is 3.18. The first-order valence-corrected chi connectivity index (χ1v) is 7.28. The Bertz CT molecular complexity index is 531. The number of nitrogens with two attached hydrogens (primary N) is 1. The second-order valence-electron chi connectivity index (χ2n) is 5.14. The van der Waals surface area contributed by atoms with Crippen LogP contribution in [-0.4, -0.2) is 9.55 Å². The third-order valence-corrected chi connectivity index (χ3v) is 3.65. The predicted octanol–water partition coefficient (Wildman–Crippen LogP) is 4.21. The number of benzene rings is 1. The summed E-state index contributed by atoms with van der Waals surface area (Å²) >= 11 is 3.49. The number of anilines is 1. The maximum Gasteiger partial charge on any atom is 0.201 e. The molecule has 1 heterocycles. The average molecular weight is 310 g/mol. The van der Waals surface area contributed by atoms with Gasteiger partial charge in [-0.1, -0.05) is 42.6 Å². The number of nitrogen functional groups attached to an aromatic ring is 1. The molecule has 2 N–H and O–H groups in total. The number of nitrogens with zero attached hydrogens (tertiary/aromatic N) is 2. The van der Waals surface area contributed by atoms with Crippen molar-refractivity contribution in [1.29, 1.82) is 0 Å². The fraction of sp³-hybridized carbons (Fsp3) is 0.500. The standard InChI is InChI=1S/C14H20BrN3/c1-10(2)5-3-4-8-18-13-9-11(15)6-7-12(13)17-14(18)16/h6-7,9-10H,3-5,8H2,1-2H3,(H2,16,17). The zero-order valence-electron chi connectivity index (χ0n) is 11.0. The molecule has 1 aromatic heterocycles. The van der Waals surface area contributed by atoms with E-state index in [0.29, 0.717) is 5.95 Å². The van der Waals surface area contributed by atoms with Crippen LogP contribution in [0.4, 0.5) is 5.95 Å². The van der Waals surface area contributed by atoms with E-state index in [0.717, 1.165) is 34.4 Å². The molecule has 0 bridgehead atoms. The number of fused-ring (bicyclic) bond motifs is 1. The van der Waals surface area contributed by atoms with Crippen molar-refractivity contribution in [2.45, 2.75) is 39.7 Å². The van der Waals surface area contributed by atoms with E-state index in [1.165, 1.54) is 12.8 Å². The number of rotatable bonds is 5. The fourth-order valence-corrected chi connectivity index (χ4v) is 2.52. The smallest absolute Gasteiger partial charge is 0.201 e. The van der Waals surface area contributed by atoms with Gasteiger partial charge in [0.2, 0.25) is 5.95 Å². The molecule has 2 rings (SSSR count). The van der Waals surface area contributed by atoms with Gasteiger partial charge < -0.3 is 10.3 Å². The maximum absolute atomic E-state index is 5.98. The molecule has 3 nitrogen and oxygen atoms in total. The van der Waals surface area contributed by atoms with E-state index < -0.39 is 0 Å². The Labute approximate surface area is 117 Å². The number of imidazole rings is 1. The molecule has 0 unspecified atom stereocenters. The predicted molar refractivity (Wildman–Crippen MR) is 80.5 cm³/mol. The van der Waals surface area contributed by atoms with Crippen LogP contribution >= 0.6 is 15.9 Å². The van der Waals surface area contributed by atoms with Gasteiger partial charge in [0.05, 0.1) is 11.0 Å². The lowest BCUT2D eigenvalue weighted by Crippen LogP contribution is -2.03. The van der Waals surface area contributed by atoms with Crippen LogP contribution in [0.3, 0.4) is 0 Å². The van der Waals surface area contributed by atoms with Crippen molar-refractivity contribution in [1.82, 2.24) is 9.55 Å². The molecule has 0 amide bonds. The molecule has 2 aromatic rings. The van der Waals surface area contributed by atoms with Crippen LogP contribution in [0, 0.1) is 5.92 Å². The first-order chi connectivity index (χ1) is 8.58. The summed E-state index contributed by atoms with van der Waals surface area (Å²) in [6.45, 7) is 5.47. The average Bonchev–Trinajstić information content (AvgIpc) is 2.60. The lowest BCUT2D eigenvalue weighted by Gasteiger charge is -2.08. The summed E-state index contributed by atoms with van der Waals surface area (Å²) in [7, 11) is 0.